The first kappa shape index (κ1) is 24.8. The Kier molecular flexibility index (Phi) is 6.84. The van der Waals surface area contributed by atoms with Gasteiger partial charge in [-0.25, -0.2) is 0 Å². The Hall–Kier alpha value is -3.91. The fourth-order valence-corrected chi connectivity index (χ4v) is 4.92. The van der Waals surface area contributed by atoms with E-state index in [-0.39, 0.29) is 12.0 Å². The number of nitrogens with zero attached hydrogens (tertiary/aromatic N) is 2. The van der Waals surface area contributed by atoms with Crippen molar-refractivity contribution < 1.29 is 23.1 Å². The lowest BCUT2D eigenvalue weighted by molar-refractivity contribution is -0.138. The van der Waals surface area contributed by atoms with Crippen molar-refractivity contribution in [2.45, 2.75) is 24.9 Å². The molecule has 0 spiro atoms. The van der Waals surface area contributed by atoms with Gasteiger partial charge in [0.25, 0.3) is 0 Å². The number of likely N-dealkylation sites (tertiary alicyclic amines) is 1. The Bertz CT molecular complexity index is 1380. The molecule has 1 aromatic heterocycles. The molecule has 1 atom stereocenters. The maximum atomic E-state index is 13.9. The highest BCUT2D eigenvalue weighted by Gasteiger charge is 2.34. The summed E-state index contributed by atoms with van der Waals surface area (Å²) in [4.78, 5) is 13.0. The molecule has 1 fully saturated rings. The van der Waals surface area contributed by atoms with Gasteiger partial charge in [-0.15, -0.1) is 0 Å². The molecule has 1 aliphatic heterocycles. The minimum atomic E-state index is -4.50. The number of hydrogen-bond donors (Lipinski definition) is 2. The van der Waals surface area contributed by atoms with E-state index in [0.717, 1.165) is 36.8 Å². The van der Waals surface area contributed by atoms with Crippen molar-refractivity contribution in [2.75, 3.05) is 19.6 Å². The molecule has 2 N–H and O–H groups in total. The summed E-state index contributed by atoms with van der Waals surface area (Å²) in [6, 6.07) is 22.7. The summed E-state index contributed by atoms with van der Waals surface area (Å²) in [5.74, 6) is -0.433. The third kappa shape index (κ3) is 5.59. The molecule has 0 aliphatic carbocycles. The van der Waals surface area contributed by atoms with Crippen LogP contribution in [-0.4, -0.2) is 45.8 Å². The van der Waals surface area contributed by atoms with Crippen molar-refractivity contribution >= 4 is 5.97 Å². The fourth-order valence-electron chi connectivity index (χ4n) is 4.92. The van der Waals surface area contributed by atoms with Gasteiger partial charge in [-0.1, -0.05) is 66.7 Å². The van der Waals surface area contributed by atoms with E-state index in [2.05, 4.69) is 27.2 Å². The van der Waals surface area contributed by atoms with Crippen LogP contribution in [0.3, 0.4) is 0 Å². The van der Waals surface area contributed by atoms with Crippen LogP contribution in [0.25, 0.3) is 33.6 Å². The summed E-state index contributed by atoms with van der Waals surface area (Å²) in [5.41, 5.74) is 3.57. The van der Waals surface area contributed by atoms with E-state index in [1.807, 2.05) is 12.1 Å². The Labute approximate surface area is 212 Å². The summed E-state index contributed by atoms with van der Waals surface area (Å²) in [6.07, 6.45) is -3.37. The maximum Gasteiger partial charge on any atom is 0.417 e. The maximum absolute atomic E-state index is 13.9. The van der Waals surface area contributed by atoms with E-state index in [9.17, 15) is 18.0 Å². The van der Waals surface area contributed by atoms with Crippen molar-refractivity contribution in [3.05, 3.63) is 90.0 Å². The Morgan fingerprint density at radius 3 is 2.41 bits per heavy atom. The largest absolute Gasteiger partial charge is 0.481 e. The number of hydrogen-bond acceptors (Lipinski definition) is 3. The van der Waals surface area contributed by atoms with Crippen LogP contribution in [0.2, 0.25) is 0 Å². The van der Waals surface area contributed by atoms with Gasteiger partial charge >= 0.3 is 12.1 Å². The van der Waals surface area contributed by atoms with Crippen LogP contribution >= 0.6 is 0 Å². The van der Waals surface area contributed by atoms with Gasteiger partial charge in [0.2, 0.25) is 0 Å². The number of rotatable bonds is 7. The predicted molar refractivity (Wildman–Crippen MR) is 136 cm³/mol. The SMILES string of the molecule is O=C(O)CCN1CCC(c2ccc(-c3cc(-c4ccc(-c5ccccc5)c(C(F)(F)F)c4)n[nH]3)cc2)C1. The summed E-state index contributed by atoms with van der Waals surface area (Å²) < 4.78 is 41.7. The van der Waals surface area contributed by atoms with Crippen LogP contribution in [0.1, 0.15) is 29.9 Å². The number of alkyl halides is 3. The van der Waals surface area contributed by atoms with Crippen molar-refractivity contribution in [3.63, 3.8) is 0 Å². The number of carboxylic acid groups (broad SMARTS) is 1. The lowest BCUT2D eigenvalue weighted by Gasteiger charge is -2.15. The summed E-state index contributed by atoms with van der Waals surface area (Å²) >= 11 is 0. The molecule has 3 aromatic carbocycles. The minimum Gasteiger partial charge on any atom is -0.481 e. The van der Waals surface area contributed by atoms with Crippen molar-refractivity contribution in [3.8, 4) is 33.6 Å². The second-order valence-corrected chi connectivity index (χ2v) is 9.34. The number of carboxylic acids is 1. The number of H-pyrrole nitrogens is 1. The Morgan fingerprint density at radius 1 is 0.973 bits per heavy atom. The smallest absolute Gasteiger partial charge is 0.417 e. The van der Waals surface area contributed by atoms with Gasteiger partial charge in [-0.3, -0.25) is 9.89 Å². The van der Waals surface area contributed by atoms with Gasteiger partial charge in [-0.2, -0.15) is 18.3 Å². The number of carbonyl (C=O) groups is 1. The predicted octanol–water partition coefficient (Wildman–Crippen LogP) is 6.69. The molecule has 8 heteroatoms. The van der Waals surface area contributed by atoms with E-state index < -0.39 is 17.7 Å². The number of nitrogens with one attached hydrogen (secondary N) is 1. The molecule has 1 unspecified atom stereocenters. The van der Waals surface area contributed by atoms with E-state index >= 15 is 0 Å². The molecule has 1 aliphatic rings. The minimum absolute atomic E-state index is 0.136. The molecular formula is C29H26F3N3O2. The monoisotopic (exact) mass is 505 g/mol. The van der Waals surface area contributed by atoms with Gasteiger partial charge < -0.3 is 10.0 Å². The first-order valence-electron chi connectivity index (χ1n) is 12.1. The average molecular weight is 506 g/mol. The van der Waals surface area contributed by atoms with Crippen LogP contribution in [0.4, 0.5) is 13.2 Å². The normalized spacial score (nSPS) is 16.2. The first-order chi connectivity index (χ1) is 17.8. The average Bonchev–Trinajstić information content (AvgIpc) is 3.58. The number of aromatic amines is 1. The van der Waals surface area contributed by atoms with Crippen LogP contribution in [0.5, 0.6) is 0 Å². The van der Waals surface area contributed by atoms with Crippen molar-refractivity contribution in [2.24, 2.45) is 0 Å². The Morgan fingerprint density at radius 2 is 1.70 bits per heavy atom. The lowest BCUT2D eigenvalue weighted by Crippen LogP contribution is -2.23. The molecule has 5 nitrogen and oxygen atoms in total. The highest BCUT2D eigenvalue weighted by Crippen LogP contribution is 2.39. The van der Waals surface area contributed by atoms with Gasteiger partial charge in [0.05, 0.1) is 23.4 Å². The van der Waals surface area contributed by atoms with Crippen molar-refractivity contribution in [1.82, 2.24) is 15.1 Å². The first-order valence-corrected chi connectivity index (χ1v) is 12.1. The zero-order valence-electron chi connectivity index (χ0n) is 20.0. The summed E-state index contributed by atoms with van der Waals surface area (Å²) in [7, 11) is 0. The molecule has 190 valence electrons. The summed E-state index contributed by atoms with van der Waals surface area (Å²) in [6.45, 7) is 2.27. The molecule has 37 heavy (non-hydrogen) atoms. The van der Waals surface area contributed by atoms with E-state index in [0.29, 0.717) is 29.3 Å². The molecule has 0 radical (unpaired) electrons. The van der Waals surface area contributed by atoms with Crippen LogP contribution < -0.4 is 0 Å². The number of benzene rings is 3. The fraction of sp³-hybridized carbons (Fsp3) is 0.241. The highest BCUT2D eigenvalue weighted by molar-refractivity contribution is 5.75. The highest BCUT2D eigenvalue weighted by atomic mass is 19.4. The number of aromatic nitrogens is 2. The standard InChI is InChI=1S/C29H26F3N3O2/c30-29(31,32)25-16-22(10-11-24(25)20-4-2-1-3-5-20)27-17-26(33-34-27)21-8-6-19(7-9-21)23-12-14-35(18-23)15-13-28(36)37/h1-11,16-17,23H,12-15,18H2,(H,33,34)(H,36,37). The summed E-state index contributed by atoms with van der Waals surface area (Å²) in [5, 5.41) is 16.1. The third-order valence-corrected chi connectivity index (χ3v) is 6.89. The molecule has 5 rings (SSSR count). The molecule has 0 amide bonds. The second kappa shape index (κ2) is 10.2. The molecule has 4 aromatic rings. The van der Waals surface area contributed by atoms with Crippen molar-refractivity contribution in [1.29, 1.82) is 0 Å². The van der Waals surface area contributed by atoms with E-state index in [1.54, 1.807) is 42.5 Å². The molecule has 2 heterocycles. The molecular weight excluding hydrogens is 479 g/mol. The molecule has 0 bridgehead atoms. The zero-order chi connectivity index (χ0) is 26.0. The third-order valence-electron chi connectivity index (χ3n) is 6.89. The van der Waals surface area contributed by atoms with Crippen LogP contribution in [0, 0.1) is 0 Å². The van der Waals surface area contributed by atoms with Crippen LogP contribution in [0.15, 0.2) is 78.9 Å². The van der Waals surface area contributed by atoms with Gasteiger partial charge in [-0.05, 0) is 53.3 Å². The van der Waals surface area contributed by atoms with Crippen LogP contribution in [-0.2, 0) is 11.0 Å². The van der Waals surface area contributed by atoms with Gasteiger partial charge in [0.15, 0.2) is 0 Å². The quantitative estimate of drug-likeness (QED) is 0.294. The molecule has 0 saturated carbocycles. The van der Waals surface area contributed by atoms with Gasteiger partial charge in [0, 0.05) is 18.7 Å². The number of aliphatic carboxylic acids is 1. The Balaban J connectivity index is 1.34. The van der Waals surface area contributed by atoms with E-state index in [4.69, 9.17) is 5.11 Å². The second-order valence-electron chi connectivity index (χ2n) is 9.34. The number of halogens is 3. The molecule has 1 saturated heterocycles. The zero-order valence-corrected chi connectivity index (χ0v) is 20.0. The van der Waals surface area contributed by atoms with Gasteiger partial charge in [0.1, 0.15) is 0 Å². The topological polar surface area (TPSA) is 69.2 Å². The van der Waals surface area contributed by atoms with E-state index in [1.165, 1.54) is 11.6 Å². The lowest BCUT2D eigenvalue weighted by atomic mass is 9.95.